The van der Waals surface area contributed by atoms with Crippen molar-refractivity contribution in [3.05, 3.63) is 23.8 Å². The maximum atomic E-state index is 9.95. The Labute approximate surface area is 91.6 Å². The molecule has 0 aliphatic heterocycles. The molecule has 15 heavy (non-hydrogen) atoms. The average molecular weight is 208 g/mol. The van der Waals surface area contributed by atoms with Crippen LogP contribution < -0.4 is 0 Å². The van der Waals surface area contributed by atoms with E-state index in [1.807, 2.05) is 6.92 Å². The van der Waals surface area contributed by atoms with Crippen molar-refractivity contribution in [2.75, 3.05) is 0 Å². The van der Waals surface area contributed by atoms with Crippen LogP contribution in [0, 0.1) is 12.8 Å². The van der Waals surface area contributed by atoms with E-state index in [9.17, 15) is 5.11 Å². The van der Waals surface area contributed by atoms with Crippen molar-refractivity contribution in [1.29, 1.82) is 0 Å². The van der Waals surface area contributed by atoms with Crippen molar-refractivity contribution in [1.82, 2.24) is 9.97 Å². The number of aromatic nitrogens is 2. The SMILES string of the molecule is CCCC(C)CC(O)c1ccnc(C)n1. The number of hydrogen-bond acceptors (Lipinski definition) is 3. The van der Waals surface area contributed by atoms with Gasteiger partial charge in [0.1, 0.15) is 5.82 Å². The highest BCUT2D eigenvalue weighted by atomic mass is 16.3. The molecule has 3 nitrogen and oxygen atoms in total. The van der Waals surface area contributed by atoms with Crippen molar-refractivity contribution in [3.63, 3.8) is 0 Å². The summed E-state index contributed by atoms with van der Waals surface area (Å²) < 4.78 is 0. The molecule has 0 saturated heterocycles. The molecule has 1 aromatic heterocycles. The predicted octanol–water partition coefficient (Wildman–Crippen LogP) is 2.64. The second kappa shape index (κ2) is 5.81. The minimum Gasteiger partial charge on any atom is -0.387 e. The maximum Gasteiger partial charge on any atom is 0.125 e. The lowest BCUT2D eigenvalue weighted by Crippen LogP contribution is -2.07. The van der Waals surface area contributed by atoms with Crippen molar-refractivity contribution in [3.8, 4) is 0 Å². The monoisotopic (exact) mass is 208 g/mol. The number of aryl methyl sites for hydroxylation is 1. The van der Waals surface area contributed by atoms with E-state index in [2.05, 4.69) is 23.8 Å². The number of aliphatic hydroxyl groups is 1. The van der Waals surface area contributed by atoms with Crippen LogP contribution in [-0.4, -0.2) is 15.1 Å². The maximum absolute atomic E-state index is 9.95. The largest absolute Gasteiger partial charge is 0.387 e. The summed E-state index contributed by atoms with van der Waals surface area (Å²) in [6.45, 7) is 6.17. The van der Waals surface area contributed by atoms with E-state index in [-0.39, 0.29) is 0 Å². The predicted molar refractivity (Wildman–Crippen MR) is 60.4 cm³/mol. The molecule has 1 N–H and O–H groups in total. The van der Waals surface area contributed by atoms with E-state index in [0.29, 0.717) is 5.92 Å². The molecule has 0 spiro atoms. The number of nitrogens with zero attached hydrogens (tertiary/aromatic N) is 2. The standard InChI is InChI=1S/C12H20N2O/c1-4-5-9(2)8-12(15)11-6-7-13-10(3)14-11/h6-7,9,12,15H,4-5,8H2,1-3H3. The molecule has 0 aromatic carbocycles. The van der Waals surface area contributed by atoms with Gasteiger partial charge in [0.2, 0.25) is 0 Å². The van der Waals surface area contributed by atoms with Gasteiger partial charge < -0.3 is 5.11 Å². The summed E-state index contributed by atoms with van der Waals surface area (Å²) in [6.07, 6.45) is 4.35. The molecule has 0 radical (unpaired) electrons. The fourth-order valence-corrected chi connectivity index (χ4v) is 1.77. The van der Waals surface area contributed by atoms with Gasteiger partial charge in [-0.15, -0.1) is 0 Å². The third-order valence-electron chi connectivity index (χ3n) is 2.55. The quantitative estimate of drug-likeness (QED) is 0.809. The van der Waals surface area contributed by atoms with Crippen molar-refractivity contribution in [2.24, 2.45) is 5.92 Å². The summed E-state index contributed by atoms with van der Waals surface area (Å²) in [4.78, 5) is 8.24. The highest BCUT2D eigenvalue weighted by Gasteiger charge is 2.13. The van der Waals surface area contributed by atoms with E-state index >= 15 is 0 Å². The van der Waals surface area contributed by atoms with Gasteiger partial charge in [-0.05, 0) is 25.3 Å². The molecule has 1 rings (SSSR count). The highest BCUT2D eigenvalue weighted by Crippen LogP contribution is 2.21. The van der Waals surface area contributed by atoms with E-state index < -0.39 is 6.10 Å². The molecule has 0 bridgehead atoms. The summed E-state index contributed by atoms with van der Waals surface area (Å²) in [7, 11) is 0. The third kappa shape index (κ3) is 3.96. The molecular formula is C12H20N2O. The van der Waals surface area contributed by atoms with Crippen LogP contribution in [0.15, 0.2) is 12.3 Å². The second-order valence-electron chi connectivity index (χ2n) is 4.17. The van der Waals surface area contributed by atoms with Gasteiger partial charge in [0.05, 0.1) is 11.8 Å². The number of hydrogen-bond donors (Lipinski definition) is 1. The van der Waals surface area contributed by atoms with E-state index in [1.165, 1.54) is 0 Å². The molecule has 84 valence electrons. The van der Waals surface area contributed by atoms with E-state index in [0.717, 1.165) is 30.8 Å². The fourth-order valence-electron chi connectivity index (χ4n) is 1.77. The first-order valence-electron chi connectivity index (χ1n) is 5.61. The summed E-state index contributed by atoms with van der Waals surface area (Å²) in [5.74, 6) is 1.26. The molecule has 3 heteroatoms. The Bertz CT molecular complexity index is 301. The molecule has 0 amide bonds. The van der Waals surface area contributed by atoms with Gasteiger partial charge in [-0.2, -0.15) is 0 Å². The highest BCUT2D eigenvalue weighted by molar-refractivity contribution is 5.04. The topological polar surface area (TPSA) is 46.0 Å². The van der Waals surface area contributed by atoms with Gasteiger partial charge in [0.15, 0.2) is 0 Å². The normalized spacial score (nSPS) is 14.9. The van der Waals surface area contributed by atoms with Crippen LogP contribution >= 0.6 is 0 Å². The van der Waals surface area contributed by atoms with Crippen LogP contribution in [0.25, 0.3) is 0 Å². The van der Waals surface area contributed by atoms with E-state index in [1.54, 1.807) is 12.3 Å². The molecule has 1 heterocycles. The number of aliphatic hydroxyl groups excluding tert-OH is 1. The van der Waals surface area contributed by atoms with Crippen LogP contribution in [0.1, 0.15) is 50.7 Å². The first-order chi connectivity index (χ1) is 7.13. The molecule has 0 saturated carbocycles. The second-order valence-corrected chi connectivity index (χ2v) is 4.17. The molecule has 0 fully saturated rings. The van der Waals surface area contributed by atoms with Gasteiger partial charge in [0, 0.05) is 6.20 Å². The third-order valence-corrected chi connectivity index (χ3v) is 2.55. The van der Waals surface area contributed by atoms with Crippen molar-refractivity contribution in [2.45, 2.75) is 46.1 Å². The summed E-state index contributed by atoms with van der Waals surface area (Å²) >= 11 is 0. The lowest BCUT2D eigenvalue weighted by molar-refractivity contribution is 0.140. The summed E-state index contributed by atoms with van der Waals surface area (Å²) in [5.41, 5.74) is 0.741. The van der Waals surface area contributed by atoms with Crippen LogP contribution in [0.5, 0.6) is 0 Å². The summed E-state index contributed by atoms with van der Waals surface area (Å²) in [6, 6.07) is 1.79. The number of rotatable bonds is 5. The molecule has 0 aliphatic carbocycles. The lowest BCUT2D eigenvalue weighted by Gasteiger charge is -2.15. The van der Waals surface area contributed by atoms with Crippen LogP contribution in [0.2, 0.25) is 0 Å². The van der Waals surface area contributed by atoms with Crippen molar-refractivity contribution >= 4 is 0 Å². The summed E-state index contributed by atoms with van der Waals surface area (Å²) in [5, 5.41) is 9.95. The zero-order chi connectivity index (χ0) is 11.3. The molecule has 0 aliphatic rings. The zero-order valence-corrected chi connectivity index (χ0v) is 9.77. The van der Waals surface area contributed by atoms with Crippen LogP contribution in [0.3, 0.4) is 0 Å². The Kier molecular flexibility index (Phi) is 4.69. The first kappa shape index (κ1) is 12.1. The fraction of sp³-hybridized carbons (Fsp3) is 0.667. The zero-order valence-electron chi connectivity index (χ0n) is 9.77. The minimum absolute atomic E-state index is 0.451. The smallest absolute Gasteiger partial charge is 0.125 e. The van der Waals surface area contributed by atoms with Gasteiger partial charge >= 0.3 is 0 Å². The Morgan fingerprint density at radius 1 is 1.47 bits per heavy atom. The minimum atomic E-state index is -0.451. The Hall–Kier alpha value is -0.960. The van der Waals surface area contributed by atoms with Crippen molar-refractivity contribution < 1.29 is 5.11 Å². The van der Waals surface area contributed by atoms with Gasteiger partial charge in [-0.1, -0.05) is 26.7 Å². The van der Waals surface area contributed by atoms with Crippen LogP contribution in [-0.2, 0) is 0 Å². The van der Waals surface area contributed by atoms with Gasteiger partial charge in [-0.25, -0.2) is 9.97 Å². The Morgan fingerprint density at radius 2 is 2.20 bits per heavy atom. The average Bonchev–Trinajstić information content (AvgIpc) is 2.18. The van der Waals surface area contributed by atoms with Crippen LogP contribution in [0.4, 0.5) is 0 Å². The molecule has 1 aromatic rings. The van der Waals surface area contributed by atoms with Gasteiger partial charge in [-0.3, -0.25) is 0 Å². The first-order valence-corrected chi connectivity index (χ1v) is 5.61. The lowest BCUT2D eigenvalue weighted by atomic mass is 9.97. The molecular weight excluding hydrogens is 188 g/mol. The Morgan fingerprint density at radius 3 is 2.80 bits per heavy atom. The Balaban J connectivity index is 2.56. The molecule has 2 atom stereocenters. The van der Waals surface area contributed by atoms with E-state index in [4.69, 9.17) is 0 Å². The van der Waals surface area contributed by atoms with Gasteiger partial charge in [0.25, 0.3) is 0 Å². The molecule has 2 unspecified atom stereocenters.